The molecule has 1 saturated heterocycles. The molecule has 1 aliphatic rings. The standard InChI is InChI=1S/C19H17ClN2O2S/c1-3-24-15-6-4-5-13(9-15)10-17-18(23)22-19(25-17)21-14-8-7-12(2)16(20)11-14/h4-11H,3H2,1-2H3,(H,21,22,23)/b17-10-. The number of halogens is 1. The average molecular weight is 373 g/mol. The first-order chi connectivity index (χ1) is 12.0. The maximum atomic E-state index is 12.2. The molecule has 1 heterocycles. The van der Waals surface area contributed by atoms with E-state index in [9.17, 15) is 4.79 Å². The van der Waals surface area contributed by atoms with Crippen LogP contribution in [0.3, 0.4) is 0 Å². The van der Waals surface area contributed by atoms with Gasteiger partial charge in [-0.25, -0.2) is 4.99 Å². The molecule has 0 aliphatic carbocycles. The number of aryl methyl sites for hydroxylation is 1. The van der Waals surface area contributed by atoms with Crippen molar-refractivity contribution in [3.8, 4) is 5.75 Å². The molecule has 0 bridgehead atoms. The summed E-state index contributed by atoms with van der Waals surface area (Å²) >= 11 is 7.42. The molecule has 1 amide bonds. The third kappa shape index (κ3) is 4.44. The minimum atomic E-state index is -0.163. The Labute approximate surface area is 155 Å². The Balaban J connectivity index is 1.81. The van der Waals surface area contributed by atoms with Crippen LogP contribution < -0.4 is 10.1 Å². The summed E-state index contributed by atoms with van der Waals surface area (Å²) in [5.74, 6) is 0.618. The lowest BCUT2D eigenvalue weighted by Gasteiger charge is -2.03. The van der Waals surface area contributed by atoms with Gasteiger partial charge in [0.05, 0.1) is 17.2 Å². The molecular formula is C19H17ClN2O2S. The second-order valence-corrected chi connectivity index (χ2v) is 6.86. The minimum Gasteiger partial charge on any atom is -0.494 e. The van der Waals surface area contributed by atoms with Gasteiger partial charge in [-0.15, -0.1) is 0 Å². The van der Waals surface area contributed by atoms with Gasteiger partial charge in [-0.05, 0) is 67.1 Å². The van der Waals surface area contributed by atoms with Crippen LogP contribution in [0, 0.1) is 6.92 Å². The fourth-order valence-electron chi connectivity index (χ4n) is 2.26. The number of nitrogens with one attached hydrogen (secondary N) is 1. The van der Waals surface area contributed by atoms with Crippen LogP contribution in [-0.4, -0.2) is 17.7 Å². The lowest BCUT2D eigenvalue weighted by atomic mass is 10.2. The number of amides is 1. The number of hydrogen-bond donors (Lipinski definition) is 1. The Morgan fingerprint density at radius 1 is 1.28 bits per heavy atom. The number of ether oxygens (including phenoxy) is 1. The summed E-state index contributed by atoms with van der Waals surface area (Å²) in [4.78, 5) is 17.2. The predicted molar refractivity (Wildman–Crippen MR) is 105 cm³/mol. The van der Waals surface area contributed by atoms with Crippen molar-refractivity contribution in [1.29, 1.82) is 0 Å². The highest BCUT2D eigenvalue weighted by Gasteiger charge is 2.23. The largest absolute Gasteiger partial charge is 0.494 e. The van der Waals surface area contributed by atoms with E-state index in [4.69, 9.17) is 16.3 Å². The van der Waals surface area contributed by atoms with Gasteiger partial charge in [0.15, 0.2) is 5.17 Å². The smallest absolute Gasteiger partial charge is 0.264 e. The summed E-state index contributed by atoms with van der Waals surface area (Å²) in [5, 5.41) is 3.97. The fourth-order valence-corrected chi connectivity index (χ4v) is 3.28. The first kappa shape index (κ1) is 17.6. The van der Waals surface area contributed by atoms with Gasteiger partial charge in [0.2, 0.25) is 0 Å². The van der Waals surface area contributed by atoms with Gasteiger partial charge in [0.25, 0.3) is 5.91 Å². The molecule has 1 fully saturated rings. The van der Waals surface area contributed by atoms with Gasteiger partial charge >= 0.3 is 0 Å². The van der Waals surface area contributed by atoms with Crippen molar-refractivity contribution >= 4 is 46.2 Å². The number of carbonyl (C=O) groups is 1. The van der Waals surface area contributed by atoms with Crippen LogP contribution in [0.1, 0.15) is 18.1 Å². The molecule has 0 atom stereocenters. The number of amidine groups is 1. The van der Waals surface area contributed by atoms with E-state index in [0.29, 0.717) is 27.4 Å². The number of aliphatic imine (C=N–C) groups is 1. The summed E-state index contributed by atoms with van der Waals surface area (Å²) < 4.78 is 5.49. The Hall–Kier alpha value is -2.24. The van der Waals surface area contributed by atoms with E-state index in [1.165, 1.54) is 11.8 Å². The van der Waals surface area contributed by atoms with E-state index in [0.717, 1.165) is 16.9 Å². The lowest BCUT2D eigenvalue weighted by Crippen LogP contribution is -2.19. The molecule has 0 radical (unpaired) electrons. The molecule has 6 heteroatoms. The number of benzene rings is 2. The van der Waals surface area contributed by atoms with Gasteiger partial charge in [-0.2, -0.15) is 0 Å². The molecule has 0 spiro atoms. The highest BCUT2D eigenvalue weighted by atomic mass is 35.5. The van der Waals surface area contributed by atoms with Gasteiger partial charge in [-0.1, -0.05) is 29.8 Å². The Morgan fingerprint density at radius 3 is 2.88 bits per heavy atom. The second-order valence-electron chi connectivity index (χ2n) is 5.42. The number of nitrogens with zero attached hydrogens (tertiary/aromatic N) is 1. The average Bonchev–Trinajstić information content (AvgIpc) is 2.91. The molecule has 4 nitrogen and oxygen atoms in total. The monoisotopic (exact) mass is 372 g/mol. The Bertz CT molecular complexity index is 877. The van der Waals surface area contributed by atoms with Crippen molar-refractivity contribution in [2.24, 2.45) is 4.99 Å². The zero-order valence-electron chi connectivity index (χ0n) is 13.9. The molecule has 0 aromatic heterocycles. The van der Waals surface area contributed by atoms with Crippen molar-refractivity contribution in [2.75, 3.05) is 6.61 Å². The summed E-state index contributed by atoms with van der Waals surface area (Å²) in [6, 6.07) is 13.2. The van der Waals surface area contributed by atoms with Crippen LogP contribution in [0.2, 0.25) is 5.02 Å². The van der Waals surface area contributed by atoms with Crippen molar-refractivity contribution in [1.82, 2.24) is 5.32 Å². The molecule has 128 valence electrons. The zero-order valence-corrected chi connectivity index (χ0v) is 15.4. The van der Waals surface area contributed by atoms with E-state index >= 15 is 0 Å². The molecule has 0 saturated carbocycles. The van der Waals surface area contributed by atoms with Crippen LogP contribution >= 0.6 is 23.4 Å². The van der Waals surface area contributed by atoms with Gasteiger partial charge in [0, 0.05) is 5.02 Å². The molecule has 1 N–H and O–H groups in total. The highest BCUT2D eigenvalue weighted by Crippen LogP contribution is 2.30. The summed E-state index contributed by atoms with van der Waals surface area (Å²) in [5.41, 5.74) is 2.60. The number of rotatable bonds is 4. The zero-order chi connectivity index (χ0) is 17.8. The maximum Gasteiger partial charge on any atom is 0.264 e. The van der Waals surface area contributed by atoms with E-state index in [2.05, 4.69) is 10.3 Å². The number of hydrogen-bond acceptors (Lipinski definition) is 4. The molecule has 2 aromatic carbocycles. The quantitative estimate of drug-likeness (QED) is 0.773. The molecule has 0 unspecified atom stereocenters. The van der Waals surface area contributed by atoms with Crippen LogP contribution in [-0.2, 0) is 4.79 Å². The van der Waals surface area contributed by atoms with E-state index in [1.807, 2.05) is 56.3 Å². The van der Waals surface area contributed by atoms with Crippen molar-refractivity contribution < 1.29 is 9.53 Å². The second kappa shape index (κ2) is 7.76. The van der Waals surface area contributed by atoms with E-state index < -0.39 is 0 Å². The van der Waals surface area contributed by atoms with Crippen molar-refractivity contribution in [2.45, 2.75) is 13.8 Å². The first-order valence-corrected chi connectivity index (χ1v) is 9.03. The molecular weight excluding hydrogens is 356 g/mol. The topological polar surface area (TPSA) is 50.7 Å². The fraction of sp³-hybridized carbons (Fsp3) is 0.158. The first-order valence-electron chi connectivity index (χ1n) is 7.84. The SMILES string of the molecule is CCOc1cccc(/C=C2\SC(=Nc3ccc(C)c(Cl)c3)NC2=O)c1. The summed E-state index contributed by atoms with van der Waals surface area (Å²) in [6.07, 6.45) is 1.83. The maximum absolute atomic E-state index is 12.2. The molecule has 3 rings (SSSR count). The van der Waals surface area contributed by atoms with Crippen LogP contribution in [0.25, 0.3) is 6.08 Å². The third-order valence-corrected chi connectivity index (χ3v) is 4.82. The third-order valence-electron chi connectivity index (χ3n) is 3.50. The summed E-state index contributed by atoms with van der Waals surface area (Å²) in [6.45, 7) is 4.47. The number of carbonyl (C=O) groups excluding carboxylic acids is 1. The molecule has 1 aliphatic heterocycles. The van der Waals surface area contributed by atoms with Gasteiger partial charge in [-0.3, -0.25) is 4.79 Å². The molecule has 25 heavy (non-hydrogen) atoms. The van der Waals surface area contributed by atoms with Crippen molar-refractivity contribution in [3.05, 3.63) is 63.5 Å². The Morgan fingerprint density at radius 2 is 2.12 bits per heavy atom. The normalized spacial score (nSPS) is 17.2. The van der Waals surface area contributed by atoms with Crippen LogP contribution in [0.4, 0.5) is 5.69 Å². The Kier molecular flexibility index (Phi) is 5.46. The predicted octanol–water partition coefficient (Wildman–Crippen LogP) is 4.94. The lowest BCUT2D eigenvalue weighted by molar-refractivity contribution is -0.115. The van der Waals surface area contributed by atoms with E-state index in [1.54, 1.807) is 6.07 Å². The highest BCUT2D eigenvalue weighted by molar-refractivity contribution is 8.18. The van der Waals surface area contributed by atoms with Crippen LogP contribution in [0.5, 0.6) is 5.75 Å². The number of thioether (sulfide) groups is 1. The van der Waals surface area contributed by atoms with Crippen LogP contribution in [0.15, 0.2) is 52.4 Å². The van der Waals surface area contributed by atoms with Gasteiger partial charge in [0.1, 0.15) is 5.75 Å². The molecule has 2 aromatic rings. The van der Waals surface area contributed by atoms with Crippen molar-refractivity contribution in [3.63, 3.8) is 0 Å². The van der Waals surface area contributed by atoms with E-state index in [-0.39, 0.29) is 5.91 Å². The van der Waals surface area contributed by atoms with Gasteiger partial charge < -0.3 is 10.1 Å². The summed E-state index contributed by atoms with van der Waals surface area (Å²) in [7, 11) is 0. The minimum absolute atomic E-state index is 0.163.